The van der Waals surface area contributed by atoms with Crippen molar-refractivity contribution >= 4 is 11.8 Å². The number of aromatic nitrogens is 2. The van der Waals surface area contributed by atoms with Gasteiger partial charge in [0.05, 0.1) is 0 Å². The van der Waals surface area contributed by atoms with Crippen LogP contribution >= 0.6 is 11.8 Å². The Morgan fingerprint density at radius 3 is 2.68 bits per heavy atom. The standard InChI is InChI=1S/C15H19N3S/c1-10-4-5-13(11(2)8-10)14(16)9-19-15-17-7-6-12(3)18-15/h4-8,14H,9,16H2,1-3H3. The Bertz CT molecular complexity index is 569. The highest BCUT2D eigenvalue weighted by atomic mass is 32.2. The third-order valence-corrected chi connectivity index (χ3v) is 3.97. The lowest BCUT2D eigenvalue weighted by Crippen LogP contribution is -2.14. The molecule has 0 aliphatic heterocycles. The van der Waals surface area contributed by atoms with Crippen molar-refractivity contribution in [3.05, 3.63) is 52.8 Å². The van der Waals surface area contributed by atoms with E-state index in [-0.39, 0.29) is 6.04 Å². The third-order valence-electron chi connectivity index (χ3n) is 2.99. The van der Waals surface area contributed by atoms with E-state index in [4.69, 9.17) is 5.73 Å². The van der Waals surface area contributed by atoms with Crippen LogP contribution in [0, 0.1) is 20.8 Å². The predicted octanol–water partition coefficient (Wildman–Crippen LogP) is 3.19. The lowest BCUT2D eigenvalue weighted by molar-refractivity contribution is 0.816. The van der Waals surface area contributed by atoms with Crippen molar-refractivity contribution in [3.8, 4) is 0 Å². The van der Waals surface area contributed by atoms with Crippen LogP contribution in [-0.2, 0) is 0 Å². The minimum absolute atomic E-state index is 0.00899. The Kier molecular flexibility index (Phi) is 4.56. The van der Waals surface area contributed by atoms with Crippen molar-refractivity contribution in [3.63, 3.8) is 0 Å². The van der Waals surface area contributed by atoms with Gasteiger partial charge in [-0.05, 0) is 38.0 Å². The summed E-state index contributed by atoms with van der Waals surface area (Å²) < 4.78 is 0. The Hall–Kier alpha value is -1.39. The van der Waals surface area contributed by atoms with Crippen LogP contribution in [0.2, 0.25) is 0 Å². The van der Waals surface area contributed by atoms with Gasteiger partial charge in [0, 0.05) is 23.7 Å². The van der Waals surface area contributed by atoms with E-state index >= 15 is 0 Å². The molecule has 0 saturated carbocycles. The van der Waals surface area contributed by atoms with Gasteiger partial charge < -0.3 is 5.73 Å². The van der Waals surface area contributed by atoms with E-state index in [1.165, 1.54) is 16.7 Å². The molecule has 0 aliphatic carbocycles. The molecule has 4 heteroatoms. The molecule has 0 saturated heterocycles. The summed E-state index contributed by atoms with van der Waals surface area (Å²) in [7, 11) is 0. The molecule has 2 rings (SSSR count). The number of nitrogens with zero attached hydrogens (tertiary/aromatic N) is 2. The summed E-state index contributed by atoms with van der Waals surface area (Å²) in [6, 6.07) is 8.30. The molecule has 0 aliphatic rings. The molecule has 2 N–H and O–H groups in total. The van der Waals surface area contributed by atoms with E-state index in [2.05, 4.69) is 42.0 Å². The maximum Gasteiger partial charge on any atom is 0.187 e. The molecule has 0 spiro atoms. The highest BCUT2D eigenvalue weighted by Gasteiger charge is 2.10. The second-order valence-electron chi connectivity index (χ2n) is 4.76. The van der Waals surface area contributed by atoms with Crippen LogP contribution in [-0.4, -0.2) is 15.7 Å². The first-order valence-electron chi connectivity index (χ1n) is 6.31. The van der Waals surface area contributed by atoms with E-state index in [9.17, 15) is 0 Å². The van der Waals surface area contributed by atoms with Crippen LogP contribution in [0.1, 0.15) is 28.4 Å². The van der Waals surface area contributed by atoms with Gasteiger partial charge in [-0.3, -0.25) is 0 Å². The Morgan fingerprint density at radius 1 is 1.21 bits per heavy atom. The first kappa shape index (κ1) is 14.0. The van der Waals surface area contributed by atoms with Gasteiger partial charge in [0.2, 0.25) is 0 Å². The Labute approximate surface area is 118 Å². The van der Waals surface area contributed by atoms with Gasteiger partial charge in [0.1, 0.15) is 0 Å². The molecule has 0 amide bonds. The average molecular weight is 273 g/mol. The maximum absolute atomic E-state index is 6.26. The van der Waals surface area contributed by atoms with Gasteiger partial charge in [-0.15, -0.1) is 0 Å². The van der Waals surface area contributed by atoms with Crippen LogP contribution in [0.25, 0.3) is 0 Å². The number of aryl methyl sites for hydroxylation is 3. The van der Waals surface area contributed by atoms with Crippen LogP contribution in [0.15, 0.2) is 35.6 Å². The zero-order valence-electron chi connectivity index (χ0n) is 11.6. The molecule has 1 atom stereocenters. The van der Waals surface area contributed by atoms with Crippen molar-refractivity contribution < 1.29 is 0 Å². The largest absolute Gasteiger partial charge is 0.323 e. The summed E-state index contributed by atoms with van der Waals surface area (Å²) in [5.41, 5.74) is 11.0. The molecule has 1 aromatic carbocycles. The lowest BCUT2D eigenvalue weighted by Gasteiger charge is -2.14. The molecule has 0 radical (unpaired) electrons. The molecule has 0 bridgehead atoms. The number of thioether (sulfide) groups is 1. The average Bonchev–Trinajstić information content (AvgIpc) is 2.36. The third kappa shape index (κ3) is 3.78. The zero-order chi connectivity index (χ0) is 13.8. The van der Waals surface area contributed by atoms with Gasteiger partial charge in [0.15, 0.2) is 5.16 Å². The molecular formula is C15H19N3S. The summed E-state index contributed by atoms with van der Waals surface area (Å²) >= 11 is 1.60. The fourth-order valence-electron chi connectivity index (χ4n) is 1.99. The smallest absolute Gasteiger partial charge is 0.187 e. The molecule has 2 aromatic rings. The molecule has 1 aromatic heterocycles. The van der Waals surface area contributed by atoms with Crippen molar-refractivity contribution in [2.75, 3.05) is 5.75 Å². The summed E-state index contributed by atoms with van der Waals surface area (Å²) in [6.07, 6.45) is 1.79. The summed E-state index contributed by atoms with van der Waals surface area (Å²) in [6.45, 7) is 6.17. The van der Waals surface area contributed by atoms with E-state index < -0.39 is 0 Å². The van der Waals surface area contributed by atoms with Crippen LogP contribution in [0.3, 0.4) is 0 Å². The van der Waals surface area contributed by atoms with Crippen molar-refractivity contribution in [1.82, 2.24) is 9.97 Å². The highest BCUT2D eigenvalue weighted by Crippen LogP contribution is 2.23. The number of hydrogen-bond acceptors (Lipinski definition) is 4. The van der Waals surface area contributed by atoms with E-state index in [1.54, 1.807) is 18.0 Å². The van der Waals surface area contributed by atoms with Gasteiger partial charge in [-0.1, -0.05) is 35.5 Å². The monoisotopic (exact) mass is 273 g/mol. The van der Waals surface area contributed by atoms with E-state index in [0.29, 0.717) is 0 Å². The first-order valence-corrected chi connectivity index (χ1v) is 7.30. The van der Waals surface area contributed by atoms with Crippen LogP contribution in [0.5, 0.6) is 0 Å². The van der Waals surface area contributed by atoms with Crippen LogP contribution < -0.4 is 5.73 Å². The minimum Gasteiger partial charge on any atom is -0.323 e. The number of nitrogens with two attached hydrogens (primary N) is 1. The maximum atomic E-state index is 6.26. The van der Waals surface area contributed by atoms with E-state index in [0.717, 1.165) is 16.6 Å². The molecule has 19 heavy (non-hydrogen) atoms. The molecule has 0 fully saturated rings. The number of hydrogen-bond donors (Lipinski definition) is 1. The molecular weight excluding hydrogens is 254 g/mol. The number of rotatable bonds is 4. The summed E-state index contributed by atoms with van der Waals surface area (Å²) in [5.74, 6) is 0.785. The van der Waals surface area contributed by atoms with Gasteiger partial charge in [-0.2, -0.15) is 0 Å². The quantitative estimate of drug-likeness (QED) is 0.686. The summed E-state index contributed by atoms with van der Waals surface area (Å²) in [4.78, 5) is 8.61. The fraction of sp³-hybridized carbons (Fsp3) is 0.333. The highest BCUT2D eigenvalue weighted by molar-refractivity contribution is 7.99. The van der Waals surface area contributed by atoms with Crippen molar-refractivity contribution in [2.45, 2.75) is 32.0 Å². The second-order valence-corrected chi connectivity index (χ2v) is 5.75. The number of benzene rings is 1. The molecule has 1 unspecified atom stereocenters. The van der Waals surface area contributed by atoms with Crippen LogP contribution in [0.4, 0.5) is 0 Å². The topological polar surface area (TPSA) is 51.8 Å². The molecule has 1 heterocycles. The lowest BCUT2D eigenvalue weighted by atomic mass is 10.0. The predicted molar refractivity (Wildman–Crippen MR) is 80.3 cm³/mol. The zero-order valence-corrected chi connectivity index (χ0v) is 12.4. The SMILES string of the molecule is Cc1ccc(C(N)CSc2nccc(C)n2)c(C)c1. The van der Waals surface area contributed by atoms with Crippen molar-refractivity contribution in [2.24, 2.45) is 5.73 Å². The first-order chi connectivity index (χ1) is 9.06. The molecule has 3 nitrogen and oxygen atoms in total. The van der Waals surface area contributed by atoms with Gasteiger partial charge >= 0.3 is 0 Å². The Morgan fingerprint density at radius 2 is 2.00 bits per heavy atom. The minimum atomic E-state index is 0.00899. The molecule has 100 valence electrons. The summed E-state index contributed by atoms with van der Waals surface area (Å²) in [5, 5.41) is 0.792. The van der Waals surface area contributed by atoms with Gasteiger partial charge in [0.25, 0.3) is 0 Å². The second kappa shape index (κ2) is 6.17. The van der Waals surface area contributed by atoms with Gasteiger partial charge in [-0.25, -0.2) is 9.97 Å². The normalized spacial score (nSPS) is 12.4. The van der Waals surface area contributed by atoms with Crippen molar-refractivity contribution in [1.29, 1.82) is 0 Å². The van der Waals surface area contributed by atoms with E-state index in [1.807, 2.05) is 13.0 Å². The fourth-order valence-corrected chi connectivity index (χ4v) is 2.84. The Balaban J connectivity index is 2.03.